The molecule has 1 unspecified atom stereocenters. The maximum Gasteiger partial charge on any atom is 0.253 e. The second kappa shape index (κ2) is 7.04. The Morgan fingerprint density at radius 1 is 1.43 bits per heavy atom. The quantitative estimate of drug-likeness (QED) is 0.693. The fraction of sp³-hybridized carbons (Fsp3) is 0.375. The van der Waals surface area contributed by atoms with Crippen LogP contribution >= 0.6 is 0 Å². The molecule has 21 heavy (non-hydrogen) atoms. The van der Waals surface area contributed by atoms with Crippen molar-refractivity contribution in [3.63, 3.8) is 0 Å². The van der Waals surface area contributed by atoms with Crippen LogP contribution in [-0.4, -0.2) is 31.4 Å². The van der Waals surface area contributed by atoms with Crippen LogP contribution in [0.15, 0.2) is 36.9 Å². The molecule has 3 N–H and O–H groups in total. The van der Waals surface area contributed by atoms with Gasteiger partial charge in [-0.05, 0) is 31.1 Å². The lowest BCUT2D eigenvalue weighted by atomic mass is 9.88. The monoisotopic (exact) mass is 287 g/mol. The Bertz CT molecular complexity index is 538. The van der Waals surface area contributed by atoms with E-state index in [2.05, 4.69) is 22.5 Å². The van der Waals surface area contributed by atoms with Crippen molar-refractivity contribution in [1.29, 1.82) is 0 Å². The summed E-state index contributed by atoms with van der Waals surface area (Å²) in [5, 5.41) is 8.74. The van der Waals surface area contributed by atoms with Gasteiger partial charge in [0.05, 0.1) is 11.3 Å². The number of carbonyl (C=O) groups is 2. The smallest absolute Gasteiger partial charge is 0.253 e. The molecule has 0 aromatic heterocycles. The summed E-state index contributed by atoms with van der Waals surface area (Å²) in [7, 11) is 0. The first-order valence-electron chi connectivity index (χ1n) is 7.13. The van der Waals surface area contributed by atoms with Gasteiger partial charge in [0.1, 0.15) is 0 Å². The first-order valence-corrected chi connectivity index (χ1v) is 7.13. The third kappa shape index (κ3) is 3.70. The van der Waals surface area contributed by atoms with Crippen molar-refractivity contribution in [2.75, 3.05) is 25.0 Å². The molecule has 1 heterocycles. The van der Waals surface area contributed by atoms with Crippen LogP contribution < -0.4 is 16.0 Å². The van der Waals surface area contributed by atoms with Crippen molar-refractivity contribution in [3.05, 3.63) is 42.5 Å². The number of rotatable bonds is 6. The first kappa shape index (κ1) is 15.3. The molecule has 1 aromatic rings. The van der Waals surface area contributed by atoms with Gasteiger partial charge in [-0.25, -0.2) is 0 Å². The van der Waals surface area contributed by atoms with E-state index in [9.17, 15) is 9.59 Å². The average Bonchev–Trinajstić information content (AvgIpc) is 2.43. The van der Waals surface area contributed by atoms with Gasteiger partial charge in [-0.1, -0.05) is 25.1 Å². The first-order chi connectivity index (χ1) is 10.1. The van der Waals surface area contributed by atoms with Gasteiger partial charge >= 0.3 is 0 Å². The standard InChI is InChI=1S/C16H21N3O2/c1-3-8-18-16(21)13-6-4-5-7-14(13)19-15(20)11(2)12-9-17-10-12/h3-7,11-12,17H,1,8-10H2,2H3,(H,18,21)(H,19,20). The largest absolute Gasteiger partial charge is 0.349 e. The lowest BCUT2D eigenvalue weighted by Gasteiger charge is -2.31. The summed E-state index contributed by atoms with van der Waals surface area (Å²) >= 11 is 0. The zero-order valence-electron chi connectivity index (χ0n) is 12.2. The van der Waals surface area contributed by atoms with E-state index < -0.39 is 0 Å². The molecular weight excluding hydrogens is 266 g/mol. The maximum absolute atomic E-state index is 12.2. The number of amides is 2. The molecule has 1 aromatic carbocycles. The van der Waals surface area contributed by atoms with E-state index in [0.29, 0.717) is 23.7 Å². The van der Waals surface area contributed by atoms with E-state index in [1.807, 2.05) is 6.92 Å². The van der Waals surface area contributed by atoms with E-state index in [-0.39, 0.29) is 17.7 Å². The molecule has 2 rings (SSSR count). The Hall–Kier alpha value is -2.14. The predicted molar refractivity (Wildman–Crippen MR) is 83.1 cm³/mol. The van der Waals surface area contributed by atoms with E-state index in [1.54, 1.807) is 30.3 Å². The highest BCUT2D eigenvalue weighted by Gasteiger charge is 2.29. The summed E-state index contributed by atoms with van der Waals surface area (Å²) in [5.74, 6) is 0.0246. The normalized spacial score (nSPS) is 15.7. The van der Waals surface area contributed by atoms with Crippen LogP contribution in [0.3, 0.4) is 0 Å². The second-order valence-electron chi connectivity index (χ2n) is 5.24. The van der Waals surface area contributed by atoms with Gasteiger partial charge in [0, 0.05) is 12.5 Å². The van der Waals surface area contributed by atoms with Crippen molar-refractivity contribution in [3.8, 4) is 0 Å². The van der Waals surface area contributed by atoms with Crippen molar-refractivity contribution in [1.82, 2.24) is 10.6 Å². The highest BCUT2D eigenvalue weighted by atomic mass is 16.2. The molecule has 1 atom stereocenters. The minimum Gasteiger partial charge on any atom is -0.349 e. The van der Waals surface area contributed by atoms with Crippen molar-refractivity contribution < 1.29 is 9.59 Å². The summed E-state index contributed by atoms with van der Waals surface area (Å²) in [4.78, 5) is 24.3. The van der Waals surface area contributed by atoms with E-state index in [0.717, 1.165) is 13.1 Å². The molecule has 5 heteroatoms. The lowest BCUT2D eigenvalue weighted by molar-refractivity contribution is -0.121. The number of anilines is 1. The SMILES string of the molecule is C=CCNC(=O)c1ccccc1NC(=O)C(C)C1CNC1. The molecular formula is C16H21N3O2. The number of para-hydroxylation sites is 1. The molecule has 5 nitrogen and oxygen atoms in total. The Balaban J connectivity index is 2.06. The van der Waals surface area contributed by atoms with Crippen molar-refractivity contribution in [2.24, 2.45) is 11.8 Å². The van der Waals surface area contributed by atoms with Gasteiger partial charge in [-0.2, -0.15) is 0 Å². The van der Waals surface area contributed by atoms with E-state index in [1.165, 1.54) is 0 Å². The summed E-state index contributed by atoms with van der Waals surface area (Å²) in [5.41, 5.74) is 1.01. The minimum atomic E-state index is -0.219. The van der Waals surface area contributed by atoms with Crippen LogP contribution in [0.5, 0.6) is 0 Å². The third-order valence-electron chi connectivity index (χ3n) is 3.77. The Morgan fingerprint density at radius 3 is 2.76 bits per heavy atom. The van der Waals surface area contributed by atoms with Crippen LogP contribution in [0.25, 0.3) is 0 Å². The maximum atomic E-state index is 12.2. The van der Waals surface area contributed by atoms with Gasteiger partial charge in [0.2, 0.25) is 5.91 Å². The highest BCUT2D eigenvalue weighted by molar-refractivity contribution is 6.04. The van der Waals surface area contributed by atoms with Gasteiger partial charge < -0.3 is 16.0 Å². The second-order valence-corrected chi connectivity index (χ2v) is 5.24. The fourth-order valence-corrected chi connectivity index (χ4v) is 2.18. The van der Waals surface area contributed by atoms with Crippen LogP contribution in [-0.2, 0) is 4.79 Å². The fourth-order valence-electron chi connectivity index (χ4n) is 2.18. The molecule has 2 amide bonds. The summed E-state index contributed by atoms with van der Waals surface area (Å²) in [6.45, 7) is 7.62. The Labute approximate surface area is 124 Å². The average molecular weight is 287 g/mol. The van der Waals surface area contributed by atoms with Gasteiger partial charge in [-0.15, -0.1) is 6.58 Å². The molecule has 1 aliphatic heterocycles. The summed E-state index contributed by atoms with van der Waals surface area (Å²) in [6.07, 6.45) is 1.62. The van der Waals surface area contributed by atoms with Crippen LogP contribution in [0.1, 0.15) is 17.3 Å². The van der Waals surface area contributed by atoms with Crippen LogP contribution in [0.4, 0.5) is 5.69 Å². The van der Waals surface area contributed by atoms with E-state index >= 15 is 0 Å². The predicted octanol–water partition coefficient (Wildman–Crippen LogP) is 1.40. The molecule has 1 aliphatic rings. The number of hydrogen-bond donors (Lipinski definition) is 3. The molecule has 1 saturated heterocycles. The molecule has 1 fully saturated rings. The van der Waals surface area contributed by atoms with Crippen LogP contribution in [0.2, 0.25) is 0 Å². The zero-order valence-corrected chi connectivity index (χ0v) is 12.2. The molecule has 0 saturated carbocycles. The summed E-state index contributed by atoms with van der Waals surface area (Å²) in [6, 6.07) is 7.02. The third-order valence-corrected chi connectivity index (χ3v) is 3.77. The number of nitrogens with one attached hydrogen (secondary N) is 3. The van der Waals surface area contributed by atoms with Gasteiger partial charge in [0.25, 0.3) is 5.91 Å². The van der Waals surface area contributed by atoms with Crippen molar-refractivity contribution >= 4 is 17.5 Å². The van der Waals surface area contributed by atoms with E-state index in [4.69, 9.17) is 0 Å². The number of hydrogen-bond acceptors (Lipinski definition) is 3. The Morgan fingerprint density at radius 2 is 2.14 bits per heavy atom. The number of benzene rings is 1. The summed E-state index contributed by atoms with van der Waals surface area (Å²) < 4.78 is 0. The molecule has 0 bridgehead atoms. The van der Waals surface area contributed by atoms with Crippen LogP contribution in [0, 0.1) is 11.8 Å². The van der Waals surface area contributed by atoms with Gasteiger partial charge in [0.15, 0.2) is 0 Å². The highest BCUT2D eigenvalue weighted by Crippen LogP contribution is 2.20. The van der Waals surface area contributed by atoms with Gasteiger partial charge in [-0.3, -0.25) is 9.59 Å². The number of carbonyl (C=O) groups excluding carboxylic acids is 2. The zero-order chi connectivity index (χ0) is 15.2. The molecule has 0 spiro atoms. The van der Waals surface area contributed by atoms with Crippen molar-refractivity contribution in [2.45, 2.75) is 6.92 Å². The molecule has 0 radical (unpaired) electrons. The molecule has 0 aliphatic carbocycles. The topological polar surface area (TPSA) is 70.2 Å². The lowest BCUT2D eigenvalue weighted by Crippen LogP contribution is -2.48. The molecule has 112 valence electrons. The minimum absolute atomic E-state index is 0.0505. The Kier molecular flexibility index (Phi) is 5.11.